The zero-order valence-corrected chi connectivity index (χ0v) is 16.5. The first-order chi connectivity index (χ1) is 15.0. The van der Waals surface area contributed by atoms with Crippen LogP contribution in [0.3, 0.4) is 0 Å². The second kappa shape index (κ2) is 8.62. The summed E-state index contributed by atoms with van der Waals surface area (Å²) < 4.78 is 24.1. The summed E-state index contributed by atoms with van der Waals surface area (Å²) in [6.07, 6.45) is 1.54. The molecule has 2 heterocycles. The van der Waals surface area contributed by atoms with Crippen LogP contribution < -0.4 is 15.8 Å². The van der Waals surface area contributed by atoms with E-state index >= 15 is 0 Å². The molecule has 0 bridgehead atoms. The smallest absolute Gasteiger partial charge is 0.241 e. The van der Waals surface area contributed by atoms with Gasteiger partial charge in [-0.2, -0.15) is 0 Å². The van der Waals surface area contributed by atoms with Crippen LogP contribution in [0.15, 0.2) is 65.3 Å². The van der Waals surface area contributed by atoms with E-state index in [2.05, 4.69) is 20.4 Å². The van der Waals surface area contributed by atoms with E-state index < -0.39 is 0 Å². The van der Waals surface area contributed by atoms with Crippen LogP contribution in [0.4, 0.5) is 16.2 Å². The lowest BCUT2D eigenvalue weighted by Gasteiger charge is -2.09. The molecule has 3 N–H and O–H groups in total. The molecule has 4 rings (SSSR count). The first-order valence-corrected chi connectivity index (χ1v) is 9.31. The maximum Gasteiger partial charge on any atom is 0.241 e. The predicted molar refractivity (Wildman–Crippen MR) is 113 cm³/mol. The lowest BCUT2D eigenvalue weighted by atomic mass is 10.0. The second-order valence-electron chi connectivity index (χ2n) is 6.58. The van der Waals surface area contributed by atoms with Crippen LogP contribution >= 0.6 is 0 Å². The molecule has 0 unspecified atom stereocenters. The van der Waals surface area contributed by atoms with E-state index in [1.54, 1.807) is 37.4 Å². The fourth-order valence-corrected chi connectivity index (χ4v) is 3.12. The molecule has 0 aliphatic carbocycles. The Morgan fingerprint density at radius 3 is 2.68 bits per heavy atom. The number of nitrogens with zero attached hydrogens (tertiary/aromatic N) is 3. The molecule has 9 heteroatoms. The van der Waals surface area contributed by atoms with Crippen molar-refractivity contribution in [1.29, 1.82) is 0 Å². The van der Waals surface area contributed by atoms with Gasteiger partial charge in [-0.1, -0.05) is 23.4 Å². The summed E-state index contributed by atoms with van der Waals surface area (Å²) in [4.78, 5) is 20.8. The van der Waals surface area contributed by atoms with Crippen LogP contribution in [0.5, 0.6) is 5.75 Å². The number of aromatic nitrogens is 3. The van der Waals surface area contributed by atoms with Gasteiger partial charge in [0.2, 0.25) is 17.7 Å². The third-order valence-electron chi connectivity index (χ3n) is 4.54. The number of nitrogens with one attached hydrogen (secondary N) is 1. The van der Waals surface area contributed by atoms with Gasteiger partial charge in [-0.3, -0.25) is 10.1 Å². The number of hydrogen-bond donors (Lipinski definition) is 2. The number of benzene rings is 2. The molecule has 0 aliphatic rings. The van der Waals surface area contributed by atoms with Crippen LogP contribution in [0.2, 0.25) is 0 Å². The summed E-state index contributed by atoms with van der Waals surface area (Å²) in [6, 6.07) is 14.6. The van der Waals surface area contributed by atoms with Crippen LogP contribution in [0.25, 0.3) is 22.5 Å². The van der Waals surface area contributed by atoms with E-state index in [-0.39, 0.29) is 30.0 Å². The van der Waals surface area contributed by atoms with E-state index in [9.17, 15) is 9.18 Å². The molecular weight excluding hydrogens is 401 g/mol. The molecule has 8 nitrogen and oxygen atoms in total. The largest absolute Gasteiger partial charge is 0.496 e. The maximum atomic E-state index is 13.4. The normalized spacial score (nSPS) is 10.6. The summed E-state index contributed by atoms with van der Waals surface area (Å²) in [5, 5.41) is 6.81. The summed E-state index contributed by atoms with van der Waals surface area (Å²) in [5.41, 5.74) is 8.23. The molecule has 4 aromatic rings. The van der Waals surface area contributed by atoms with Crippen molar-refractivity contribution in [3.05, 3.63) is 72.2 Å². The highest BCUT2D eigenvalue weighted by Gasteiger charge is 2.23. The van der Waals surface area contributed by atoms with Crippen molar-refractivity contribution >= 4 is 17.7 Å². The van der Waals surface area contributed by atoms with E-state index in [1.165, 1.54) is 18.3 Å². The summed E-state index contributed by atoms with van der Waals surface area (Å²) >= 11 is 0. The number of ether oxygens (including phenoxy) is 1. The van der Waals surface area contributed by atoms with Gasteiger partial charge in [-0.25, -0.2) is 14.4 Å². The van der Waals surface area contributed by atoms with Gasteiger partial charge in [0.15, 0.2) is 0 Å². The third kappa shape index (κ3) is 4.35. The van der Waals surface area contributed by atoms with Gasteiger partial charge in [0.25, 0.3) is 0 Å². The standard InChI is InChI=1S/C22H18FN5O3/c1-30-17-5-3-2-4-14(17)12-18(29)27-21-19(16-10-11-25-22(24)26-16)20(28-31-21)13-6-8-15(23)9-7-13/h2-11H,12H2,1H3,(H,27,29)(H2,24,25,26). The minimum atomic E-state index is -0.384. The van der Waals surface area contributed by atoms with Crippen molar-refractivity contribution in [3.8, 4) is 28.3 Å². The first kappa shape index (κ1) is 20.0. The number of hydrogen-bond acceptors (Lipinski definition) is 7. The minimum absolute atomic E-state index is 0.0510. The highest BCUT2D eigenvalue weighted by atomic mass is 19.1. The van der Waals surface area contributed by atoms with Crippen LogP contribution in [0, 0.1) is 5.82 Å². The zero-order chi connectivity index (χ0) is 21.8. The number of nitrogen functional groups attached to an aromatic ring is 1. The number of nitrogens with two attached hydrogens (primary N) is 1. The van der Waals surface area contributed by atoms with Crippen molar-refractivity contribution in [2.24, 2.45) is 0 Å². The van der Waals surface area contributed by atoms with Crippen molar-refractivity contribution in [2.45, 2.75) is 6.42 Å². The summed E-state index contributed by atoms with van der Waals surface area (Å²) in [6.45, 7) is 0. The number of anilines is 2. The molecule has 31 heavy (non-hydrogen) atoms. The Balaban J connectivity index is 1.70. The molecule has 0 aliphatic heterocycles. The Labute approximate surface area is 176 Å². The lowest BCUT2D eigenvalue weighted by molar-refractivity contribution is -0.115. The van der Waals surface area contributed by atoms with Crippen LogP contribution in [0.1, 0.15) is 5.56 Å². The van der Waals surface area contributed by atoms with Crippen LogP contribution in [-0.2, 0) is 11.2 Å². The molecule has 0 atom stereocenters. The van der Waals surface area contributed by atoms with Gasteiger partial charge in [0.05, 0.1) is 24.8 Å². The number of carbonyl (C=O) groups excluding carboxylic acids is 1. The Bertz CT molecular complexity index is 1220. The zero-order valence-electron chi connectivity index (χ0n) is 16.5. The van der Waals surface area contributed by atoms with Crippen molar-refractivity contribution in [1.82, 2.24) is 15.1 Å². The fraction of sp³-hybridized carbons (Fsp3) is 0.0909. The van der Waals surface area contributed by atoms with Gasteiger partial charge < -0.3 is 15.0 Å². The maximum absolute atomic E-state index is 13.4. The highest BCUT2D eigenvalue weighted by Crippen LogP contribution is 2.37. The van der Waals surface area contributed by atoms with Crippen LogP contribution in [-0.4, -0.2) is 28.1 Å². The number of halogens is 1. The van der Waals surface area contributed by atoms with Gasteiger partial charge >= 0.3 is 0 Å². The van der Waals surface area contributed by atoms with Gasteiger partial charge in [-0.05, 0) is 36.4 Å². The van der Waals surface area contributed by atoms with E-state index in [1.807, 2.05) is 12.1 Å². The molecule has 0 spiro atoms. The number of para-hydroxylation sites is 1. The first-order valence-electron chi connectivity index (χ1n) is 9.31. The topological polar surface area (TPSA) is 116 Å². The fourth-order valence-electron chi connectivity index (χ4n) is 3.12. The van der Waals surface area contributed by atoms with E-state index in [4.69, 9.17) is 15.0 Å². The van der Waals surface area contributed by atoms with Gasteiger partial charge in [0.1, 0.15) is 17.3 Å². The SMILES string of the molecule is COc1ccccc1CC(=O)Nc1onc(-c2ccc(F)cc2)c1-c1ccnc(N)n1. The molecule has 156 valence electrons. The molecular formula is C22H18FN5O3. The molecule has 2 aromatic carbocycles. The monoisotopic (exact) mass is 419 g/mol. The molecule has 0 saturated heterocycles. The summed E-state index contributed by atoms with van der Waals surface area (Å²) in [5.74, 6) is 0.0263. The van der Waals surface area contributed by atoms with Crippen molar-refractivity contribution < 1.29 is 18.4 Å². The number of carbonyl (C=O) groups is 1. The average molecular weight is 419 g/mol. The van der Waals surface area contributed by atoms with Crippen molar-refractivity contribution in [2.75, 3.05) is 18.2 Å². The Kier molecular flexibility index (Phi) is 5.57. The van der Waals surface area contributed by atoms with Crippen molar-refractivity contribution in [3.63, 3.8) is 0 Å². The Hall–Kier alpha value is -4.27. The van der Waals surface area contributed by atoms with E-state index in [0.717, 1.165) is 0 Å². The highest BCUT2D eigenvalue weighted by molar-refractivity contribution is 5.97. The molecule has 0 saturated carbocycles. The average Bonchev–Trinajstić information content (AvgIpc) is 3.18. The lowest BCUT2D eigenvalue weighted by Crippen LogP contribution is -2.15. The molecule has 0 radical (unpaired) electrons. The van der Waals surface area contributed by atoms with Gasteiger partial charge in [0, 0.05) is 17.3 Å². The molecule has 1 amide bonds. The predicted octanol–water partition coefficient (Wildman–Crippen LogP) is 3.71. The summed E-state index contributed by atoms with van der Waals surface area (Å²) in [7, 11) is 1.54. The molecule has 0 fully saturated rings. The third-order valence-corrected chi connectivity index (χ3v) is 4.54. The number of methoxy groups -OCH3 is 1. The number of amides is 1. The molecule has 2 aromatic heterocycles. The minimum Gasteiger partial charge on any atom is -0.496 e. The van der Waals surface area contributed by atoms with E-state index in [0.29, 0.717) is 33.8 Å². The quantitative estimate of drug-likeness (QED) is 0.489. The van der Waals surface area contributed by atoms with Gasteiger partial charge in [-0.15, -0.1) is 0 Å². The Morgan fingerprint density at radius 2 is 1.94 bits per heavy atom. The second-order valence-corrected chi connectivity index (χ2v) is 6.58. The number of rotatable bonds is 6. The Morgan fingerprint density at radius 1 is 1.16 bits per heavy atom.